The number of aromatic nitrogens is 1. The van der Waals surface area contributed by atoms with E-state index in [1.165, 1.54) is 18.4 Å². The van der Waals surface area contributed by atoms with Gasteiger partial charge < -0.3 is 14.9 Å². The lowest BCUT2D eigenvalue weighted by molar-refractivity contribution is 0.0596. The summed E-state index contributed by atoms with van der Waals surface area (Å²) in [6.07, 6.45) is 0. The molecule has 0 aliphatic rings. The maximum absolute atomic E-state index is 11.5. The summed E-state index contributed by atoms with van der Waals surface area (Å²) in [5.74, 6) is 0.0504. The molecule has 102 valence electrons. The number of carbonyl (C=O) groups is 1. The molecule has 20 heavy (non-hydrogen) atoms. The van der Waals surface area contributed by atoms with E-state index in [1.54, 1.807) is 0 Å². The van der Waals surface area contributed by atoms with Crippen molar-refractivity contribution in [2.45, 2.75) is 6.92 Å². The minimum atomic E-state index is -0.544. The Balaban J connectivity index is 2.09. The molecule has 0 saturated heterocycles. The zero-order chi connectivity index (χ0) is 14.3. The fourth-order valence-electron chi connectivity index (χ4n) is 1.95. The number of aryl methyl sites for hydroxylation is 1. The number of thiazole rings is 1. The molecule has 2 aromatic heterocycles. The van der Waals surface area contributed by atoms with Crippen molar-refractivity contribution in [2.75, 3.05) is 12.8 Å². The first-order valence-corrected chi connectivity index (χ1v) is 6.75. The molecule has 5 nitrogen and oxygen atoms in total. The Labute approximate surface area is 119 Å². The highest BCUT2D eigenvalue weighted by atomic mass is 32.1. The summed E-state index contributed by atoms with van der Waals surface area (Å²) in [7, 11) is 1.30. The Morgan fingerprint density at radius 3 is 2.95 bits per heavy atom. The van der Waals surface area contributed by atoms with Crippen LogP contribution in [0.3, 0.4) is 0 Å². The number of carbonyl (C=O) groups excluding carboxylic acids is 1. The Morgan fingerprint density at radius 1 is 1.40 bits per heavy atom. The number of methoxy groups -OCH3 is 1. The van der Waals surface area contributed by atoms with Gasteiger partial charge in [0.05, 0.1) is 7.11 Å². The maximum Gasteiger partial charge on any atom is 0.359 e. The number of anilines is 1. The van der Waals surface area contributed by atoms with Gasteiger partial charge in [0.1, 0.15) is 10.6 Å². The van der Waals surface area contributed by atoms with Gasteiger partial charge in [-0.2, -0.15) is 0 Å². The predicted molar refractivity (Wildman–Crippen MR) is 77.8 cm³/mol. The van der Waals surface area contributed by atoms with E-state index in [0.717, 1.165) is 16.5 Å². The number of rotatable bonds is 2. The van der Waals surface area contributed by atoms with Crippen LogP contribution in [0, 0.1) is 6.92 Å². The molecule has 0 aliphatic heterocycles. The van der Waals surface area contributed by atoms with Gasteiger partial charge in [0, 0.05) is 5.39 Å². The average Bonchev–Trinajstić information content (AvgIpc) is 3.00. The molecule has 2 heterocycles. The van der Waals surface area contributed by atoms with Gasteiger partial charge in [-0.25, -0.2) is 9.78 Å². The number of nitrogens with zero attached hydrogens (tertiary/aromatic N) is 1. The number of nitrogen functional groups attached to an aromatic ring is 1. The largest absolute Gasteiger partial charge is 0.464 e. The van der Waals surface area contributed by atoms with Crippen LogP contribution >= 0.6 is 11.3 Å². The molecule has 3 rings (SSSR count). The Morgan fingerprint density at radius 2 is 2.20 bits per heavy atom. The van der Waals surface area contributed by atoms with E-state index in [2.05, 4.69) is 9.72 Å². The second kappa shape index (κ2) is 4.64. The number of ether oxygens (including phenoxy) is 1. The first-order chi connectivity index (χ1) is 9.58. The number of fused-ring (bicyclic) bond motifs is 1. The Kier molecular flexibility index (Phi) is 2.94. The van der Waals surface area contributed by atoms with Crippen LogP contribution < -0.4 is 5.73 Å². The minimum absolute atomic E-state index is 0.129. The molecular weight excluding hydrogens is 276 g/mol. The highest BCUT2D eigenvalue weighted by molar-refractivity contribution is 7.19. The lowest BCUT2D eigenvalue weighted by Gasteiger charge is -1.93. The molecule has 0 bridgehead atoms. The third-order valence-corrected chi connectivity index (χ3v) is 3.81. The van der Waals surface area contributed by atoms with E-state index >= 15 is 0 Å². The number of esters is 1. The van der Waals surface area contributed by atoms with Crippen molar-refractivity contribution in [3.05, 3.63) is 35.5 Å². The molecule has 0 aliphatic carbocycles. The van der Waals surface area contributed by atoms with E-state index < -0.39 is 5.97 Å². The standard InChI is InChI=1S/C14H12N2O3S/c1-7-3-4-9-8(5-7)6-10(19-9)13-16-11(12(15)20-13)14(17)18-2/h3-6H,15H2,1-2H3. The summed E-state index contributed by atoms with van der Waals surface area (Å²) in [5.41, 5.74) is 7.84. The molecule has 0 atom stereocenters. The Hall–Kier alpha value is -2.34. The molecule has 0 saturated carbocycles. The Bertz CT molecular complexity index is 804. The summed E-state index contributed by atoms with van der Waals surface area (Å²) < 4.78 is 10.4. The first-order valence-electron chi connectivity index (χ1n) is 5.93. The van der Waals surface area contributed by atoms with Crippen molar-refractivity contribution < 1.29 is 13.9 Å². The van der Waals surface area contributed by atoms with Gasteiger partial charge in [-0.3, -0.25) is 0 Å². The van der Waals surface area contributed by atoms with Crippen LogP contribution in [0.4, 0.5) is 5.00 Å². The third kappa shape index (κ3) is 2.04. The first kappa shape index (κ1) is 12.7. The van der Waals surface area contributed by atoms with Gasteiger partial charge in [0.2, 0.25) is 0 Å². The van der Waals surface area contributed by atoms with E-state index in [4.69, 9.17) is 10.2 Å². The van der Waals surface area contributed by atoms with Crippen LogP contribution in [0.25, 0.3) is 21.7 Å². The van der Waals surface area contributed by atoms with Crippen molar-refractivity contribution in [3.63, 3.8) is 0 Å². The van der Waals surface area contributed by atoms with Crippen LogP contribution in [-0.4, -0.2) is 18.1 Å². The summed E-state index contributed by atoms with van der Waals surface area (Å²) in [6, 6.07) is 7.81. The fourth-order valence-corrected chi connectivity index (χ4v) is 2.72. The smallest absolute Gasteiger partial charge is 0.359 e. The molecule has 1 aromatic carbocycles. The zero-order valence-corrected chi connectivity index (χ0v) is 11.8. The molecule has 0 amide bonds. The van der Waals surface area contributed by atoms with E-state index in [9.17, 15) is 4.79 Å². The number of hydrogen-bond donors (Lipinski definition) is 1. The summed E-state index contributed by atoms with van der Waals surface area (Å²) in [5, 5.41) is 1.88. The van der Waals surface area contributed by atoms with Gasteiger partial charge in [0.25, 0.3) is 0 Å². The lowest BCUT2D eigenvalue weighted by Crippen LogP contribution is -2.04. The number of benzene rings is 1. The van der Waals surface area contributed by atoms with Crippen molar-refractivity contribution in [3.8, 4) is 10.8 Å². The number of hydrogen-bond acceptors (Lipinski definition) is 6. The molecule has 0 unspecified atom stereocenters. The monoisotopic (exact) mass is 288 g/mol. The highest BCUT2D eigenvalue weighted by Gasteiger charge is 2.19. The topological polar surface area (TPSA) is 78.3 Å². The van der Waals surface area contributed by atoms with Crippen molar-refractivity contribution in [1.82, 2.24) is 4.98 Å². The van der Waals surface area contributed by atoms with Gasteiger partial charge in [0.15, 0.2) is 16.5 Å². The lowest BCUT2D eigenvalue weighted by atomic mass is 10.2. The van der Waals surface area contributed by atoms with Crippen LogP contribution in [0.2, 0.25) is 0 Å². The molecule has 3 aromatic rings. The van der Waals surface area contributed by atoms with Crippen molar-refractivity contribution >= 4 is 33.3 Å². The van der Waals surface area contributed by atoms with Crippen molar-refractivity contribution in [2.24, 2.45) is 0 Å². The SMILES string of the molecule is COC(=O)c1nc(-c2cc3cc(C)ccc3o2)sc1N. The predicted octanol–water partition coefficient (Wildman–Crippen LogP) is 3.23. The second-order valence-electron chi connectivity index (χ2n) is 4.38. The maximum atomic E-state index is 11.5. The van der Waals surface area contributed by atoms with Crippen LogP contribution in [0.15, 0.2) is 28.7 Å². The zero-order valence-electron chi connectivity index (χ0n) is 11.0. The number of furan rings is 1. The van der Waals surface area contributed by atoms with Gasteiger partial charge >= 0.3 is 5.97 Å². The second-order valence-corrected chi connectivity index (χ2v) is 5.41. The van der Waals surface area contributed by atoms with Crippen molar-refractivity contribution in [1.29, 1.82) is 0 Å². The van der Waals surface area contributed by atoms with Gasteiger partial charge in [-0.05, 0) is 25.1 Å². The van der Waals surface area contributed by atoms with Crippen LogP contribution in [0.5, 0.6) is 0 Å². The van der Waals surface area contributed by atoms with E-state index in [0.29, 0.717) is 15.8 Å². The summed E-state index contributed by atoms with van der Waals surface area (Å²) in [6.45, 7) is 2.02. The molecule has 0 fully saturated rings. The quantitative estimate of drug-likeness (QED) is 0.732. The van der Waals surface area contributed by atoms with Gasteiger partial charge in [-0.1, -0.05) is 23.0 Å². The molecular formula is C14H12N2O3S. The molecule has 6 heteroatoms. The average molecular weight is 288 g/mol. The normalized spacial score (nSPS) is 10.9. The third-order valence-electron chi connectivity index (χ3n) is 2.91. The highest BCUT2D eigenvalue weighted by Crippen LogP contribution is 2.34. The van der Waals surface area contributed by atoms with Crippen LogP contribution in [-0.2, 0) is 4.74 Å². The van der Waals surface area contributed by atoms with E-state index in [1.807, 2.05) is 31.2 Å². The van der Waals surface area contributed by atoms with Crippen LogP contribution in [0.1, 0.15) is 16.1 Å². The molecule has 0 radical (unpaired) electrons. The summed E-state index contributed by atoms with van der Waals surface area (Å²) in [4.78, 5) is 15.7. The van der Waals surface area contributed by atoms with E-state index in [-0.39, 0.29) is 5.69 Å². The minimum Gasteiger partial charge on any atom is -0.464 e. The number of nitrogens with two attached hydrogens (primary N) is 1. The molecule has 0 spiro atoms. The molecule has 2 N–H and O–H groups in total. The summed E-state index contributed by atoms with van der Waals surface area (Å²) >= 11 is 1.20. The van der Waals surface area contributed by atoms with Gasteiger partial charge in [-0.15, -0.1) is 0 Å². The fraction of sp³-hybridized carbons (Fsp3) is 0.143.